The first-order valence-corrected chi connectivity index (χ1v) is 9.51. The van der Waals surface area contributed by atoms with Gasteiger partial charge in [0.25, 0.3) is 0 Å². The Hall–Kier alpha value is -2.41. The predicted molar refractivity (Wildman–Crippen MR) is 113 cm³/mol. The zero-order chi connectivity index (χ0) is 19.7. The van der Waals surface area contributed by atoms with Gasteiger partial charge in [0.05, 0.1) is 19.5 Å². The molecule has 0 spiro atoms. The maximum atomic E-state index is 9.52. The maximum absolute atomic E-state index is 9.52. The van der Waals surface area contributed by atoms with E-state index in [0.717, 1.165) is 54.1 Å². The van der Waals surface area contributed by atoms with E-state index in [1.807, 2.05) is 13.0 Å². The first-order chi connectivity index (χ1) is 13.5. The van der Waals surface area contributed by atoms with Crippen LogP contribution in [0.1, 0.15) is 24.0 Å². The van der Waals surface area contributed by atoms with Gasteiger partial charge in [0.1, 0.15) is 22.8 Å². The molecule has 0 saturated carbocycles. The molecule has 7 heteroatoms. The van der Waals surface area contributed by atoms with E-state index in [1.165, 1.54) is 0 Å². The Morgan fingerprint density at radius 3 is 2.45 bits per heavy atom. The van der Waals surface area contributed by atoms with Crippen molar-refractivity contribution in [3.63, 3.8) is 0 Å². The van der Waals surface area contributed by atoms with Crippen LogP contribution in [0.5, 0.6) is 17.2 Å². The van der Waals surface area contributed by atoms with Crippen molar-refractivity contribution >= 4 is 23.4 Å². The number of nitrogens with zero attached hydrogens (tertiary/aromatic N) is 1. The van der Waals surface area contributed by atoms with Crippen molar-refractivity contribution in [2.24, 2.45) is 0 Å². The molecule has 6 nitrogen and oxygen atoms in total. The number of fused-ring (bicyclic) bond motifs is 2. The summed E-state index contributed by atoms with van der Waals surface area (Å²) in [5.74, 6) is 1.77. The third-order valence-corrected chi connectivity index (χ3v) is 5.32. The standard InChI is InChI=1S/C13H17NO3.C9H8O2.ClH/c1-9-11-8-10(15)2-3-12(11)17-13(9)14-4-6-16-7-5-14;1-6-5-11-9-3-2-7(10)4-8(6)9;/h2-3,8-9,13,15H,4-7H2,1H3;2-5,10H,1H3;1H. The largest absolute Gasteiger partial charge is 0.508 e. The summed E-state index contributed by atoms with van der Waals surface area (Å²) in [7, 11) is 0. The zero-order valence-electron chi connectivity index (χ0n) is 16.5. The number of ether oxygens (including phenoxy) is 2. The lowest BCUT2D eigenvalue weighted by Gasteiger charge is -2.33. The molecule has 0 bridgehead atoms. The normalized spacial score (nSPS) is 20.9. The van der Waals surface area contributed by atoms with Gasteiger partial charge >= 0.3 is 0 Å². The SMILES string of the molecule is CC1c2cc(O)ccc2OC1N1CCOCC1.Cc1coc2ccc(O)cc12.Cl. The molecule has 2 aliphatic heterocycles. The summed E-state index contributed by atoms with van der Waals surface area (Å²) in [4.78, 5) is 2.31. The summed E-state index contributed by atoms with van der Waals surface area (Å²) in [6.45, 7) is 7.46. The maximum Gasteiger partial charge on any atom is 0.159 e. The van der Waals surface area contributed by atoms with Crippen LogP contribution in [0, 0.1) is 6.92 Å². The van der Waals surface area contributed by atoms with Crippen LogP contribution < -0.4 is 4.74 Å². The fourth-order valence-corrected chi connectivity index (χ4v) is 3.75. The van der Waals surface area contributed by atoms with Crippen LogP contribution in [0.3, 0.4) is 0 Å². The highest BCUT2D eigenvalue weighted by atomic mass is 35.5. The van der Waals surface area contributed by atoms with Gasteiger partial charge in [0.15, 0.2) is 6.23 Å². The Kier molecular flexibility index (Phi) is 6.57. The molecule has 2 unspecified atom stereocenters. The number of morpholine rings is 1. The number of aryl methyl sites for hydroxylation is 1. The van der Waals surface area contributed by atoms with Crippen LogP contribution in [0.15, 0.2) is 47.1 Å². The fraction of sp³-hybridized carbons (Fsp3) is 0.364. The van der Waals surface area contributed by atoms with Gasteiger partial charge in [0.2, 0.25) is 0 Å². The van der Waals surface area contributed by atoms with Gasteiger partial charge in [-0.3, -0.25) is 4.90 Å². The van der Waals surface area contributed by atoms with E-state index < -0.39 is 0 Å². The van der Waals surface area contributed by atoms with E-state index in [2.05, 4.69) is 11.8 Å². The van der Waals surface area contributed by atoms with Gasteiger partial charge in [-0.15, -0.1) is 12.4 Å². The Morgan fingerprint density at radius 2 is 1.69 bits per heavy atom. The van der Waals surface area contributed by atoms with Crippen molar-refractivity contribution in [2.45, 2.75) is 26.0 Å². The van der Waals surface area contributed by atoms with Crippen molar-refractivity contribution in [3.8, 4) is 17.2 Å². The summed E-state index contributed by atoms with van der Waals surface area (Å²) in [5, 5.41) is 19.6. The molecule has 2 aliphatic rings. The summed E-state index contributed by atoms with van der Waals surface area (Å²) >= 11 is 0. The molecule has 3 aromatic rings. The van der Waals surface area contributed by atoms with Gasteiger partial charge in [-0.2, -0.15) is 0 Å². The van der Waals surface area contributed by atoms with Crippen LogP contribution >= 0.6 is 12.4 Å². The highest BCUT2D eigenvalue weighted by molar-refractivity contribution is 5.85. The lowest BCUT2D eigenvalue weighted by atomic mass is 10.00. The summed E-state index contributed by atoms with van der Waals surface area (Å²) in [6, 6.07) is 10.4. The van der Waals surface area contributed by atoms with Crippen LogP contribution in [0.25, 0.3) is 11.0 Å². The lowest BCUT2D eigenvalue weighted by molar-refractivity contribution is -0.0444. The summed E-state index contributed by atoms with van der Waals surface area (Å²) in [6.07, 6.45) is 1.76. The van der Waals surface area contributed by atoms with E-state index in [0.29, 0.717) is 5.75 Å². The van der Waals surface area contributed by atoms with E-state index in [-0.39, 0.29) is 30.3 Å². The number of hydrogen-bond acceptors (Lipinski definition) is 6. The van der Waals surface area contributed by atoms with Crippen molar-refractivity contribution in [1.82, 2.24) is 4.90 Å². The van der Waals surface area contributed by atoms with E-state index in [9.17, 15) is 5.11 Å². The van der Waals surface area contributed by atoms with Crippen LogP contribution in [-0.4, -0.2) is 47.6 Å². The Morgan fingerprint density at radius 1 is 1.00 bits per heavy atom. The number of phenolic OH excluding ortho intramolecular Hbond substituents is 2. The minimum Gasteiger partial charge on any atom is -0.508 e. The number of halogens is 1. The molecule has 0 amide bonds. The second-order valence-electron chi connectivity index (χ2n) is 7.27. The monoisotopic (exact) mass is 419 g/mol. The Bertz CT molecular complexity index is 967. The van der Waals surface area contributed by atoms with E-state index in [1.54, 1.807) is 36.6 Å². The van der Waals surface area contributed by atoms with Crippen LogP contribution in [0.2, 0.25) is 0 Å². The number of phenols is 2. The third-order valence-electron chi connectivity index (χ3n) is 5.32. The van der Waals surface area contributed by atoms with Crippen molar-refractivity contribution in [3.05, 3.63) is 53.8 Å². The number of benzene rings is 2. The highest BCUT2D eigenvalue weighted by Gasteiger charge is 2.36. The van der Waals surface area contributed by atoms with Crippen LogP contribution in [-0.2, 0) is 4.74 Å². The fourth-order valence-electron chi connectivity index (χ4n) is 3.75. The predicted octanol–water partition coefficient (Wildman–Crippen LogP) is 4.42. The second-order valence-corrected chi connectivity index (χ2v) is 7.27. The number of aromatic hydroxyl groups is 2. The van der Waals surface area contributed by atoms with Gasteiger partial charge in [-0.05, 0) is 48.9 Å². The molecule has 5 rings (SSSR count). The molecule has 1 saturated heterocycles. The minimum absolute atomic E-state index is 0. The van der Waals surface area contributed by atoms with Crippen molar-refractivity contribution < 1.29 is 24.1 Å². The molecule has 0 radical (unpaired) electrons. The second kappa shape index (κ2) is 8.95. The van der Waals surface area contributed by atoms with Gasteiger partial charge in [-0.1, -0.05) is 6.92 Å². The third kappa shape index (κ3) is 4.45. The average molecular weight is 420 g/mol. The summed E-state index contributed by atoms with van der Waals surface area (Å²) < 4.78 is 16.5. The van der Waals surface area contributed by atoms with Gasteiger partial charge in [-0.25, -0.2) is 0 Å². The zero-order valence-corrected chi connectivity index (χ0v) is 17.3. The minimum atomic E-state index is 0. The van der Waals surface area contributed by atoms with Gasteiger partial charge < -0.3 is 24.1 Å². The van der Waals surface area contributed by atoms with Crippen molar-refractivity contribution in [2.75, 3.05) is 26.3 Å². The van der Waals surface area contributed by atoms with E-state index >= 15 is 0 Å². The Balaban J connectivity index is 0.000000174. The molecule has 0 aliphatic carbocycles. The highest BCUT2D eigenvalue weighted by Crippen LogP contribution is 2.41. The average Bonchev–Trinajstić information content (AvgIpc) is 3.23. The van der Waals surface area contributed by atoms with Crippen LogP contribution in [0.4, 0.5) is 0 Å². The first-order valence-electron chi connectivity index (χ1n) is 9.51. The molecule has 3 heterocycles. The smallest absolute Gasteiger partial charge is 0.159 e. The molecule has 1 aromatic heterocycles. The van der Waals surface area contributed by atoms with E-state index in [4.69, 9.17) is 19.0 Å². The molecule has 1 fully saturated rings. The number of rotatable bonds is 1. The van der Waals surface area contributed by atoms with Gasteiger partial charge in [0, 0.05) is 30.0 Å². The first kappa shape index (κ1) is 21.3. The topological polar surface area (TPSA) is 75.3 Å². The van der Waals surface area contributed by atoms with Crippen molar-refractivity contribution in [1.29, 1.82) is 0 Å². The molecular formula is C22H26ClNO5. The molecule has 2 aromatic carbocycles. The Labute approximate surface area is 176 Å². The molecule has 2 atom stereocenters. The molecule has 2 N–H and O–H groups in total. The molecular weight excluding hydrogens is 394 g/mol. The number of hydrogen-bond donors (Lipinski definition) is 2. The lowest BCUT2D eigenvalue weighted by Crippen LogP contribution is -2.46. The molecule has 156 valence electrons. The summed E-state index contributed by atoms with van der Waals surface area (Å²) in [5.41, 5.74) is 2.97. The number of furan rings is 1. The molecule has 29 heavy (non-hydrogen) atoms. The quantitative estimate of drug-likeness (QED) is 0.608.